The molecular formula is C23H24N4O. The van der Waals surface area contributed by atoms with E-state index in [9.17, 15) is 5.11 Å². The molecule has 2 aliphatic heterocycles. The van der Waals surface area contributed by atoms with Crippen LogP contribution in [0.1, 0.15) is 53.1 Å². The summed E-state index contributed by atoms with van der Waals surface area (Å²) >= 11 is 0. The van der Waals surface area contributed by atoms with Gasteiger partial charge in [0.2, 0.25) is 0 Å². The lowest BCUT2D eigenvalue weighted by atomic mass is 9.95. The van der Waals surface area contributed by atoms with Gasteiger partial charge in [-0.1, -0.05) is 11.6 Å². The summed E-state index contributed by atoms with van der Waals surface area (Å²) in [5.74, 6) is 0. The van der Waals surface area contributed by atoms with Gasteiger partial charge in [0, 0.05) is 41.8 Å². The van der Waals surface area contributed by atoms with Crippen molar-refractivity contribution >= 4 is 10.9 Å². The lowest BCUT2D eigenvalue weighted by Crippen LogP contribution is -2.31. The predicted octanol–water partition coefficient (Wildman–Crippen LogP) is 3.64. The van der Waals surface area contributed by atoms with Crippen LogP contribution in [0.5, 0.6) is 0 Å². The normalized spacial score (nSPS) is 20.0. The fourth-order valence-electron chi connectivity index (χ4n) is 5.06. The molecule has 28 heavy (non-hydrogen) atoms. The van der Waals surface area contributed by atoms with Crippen molar-refractivity contribution in [2.45, 2.75) is 44.9 Å². The number of pyridine rings is 1. The molecule has 0 radical (unpaired) electrons. The summed E-state index contributed by atoms with van der Waals surface area (Å²) in [4.78, 5) is 6.64. The standard InChI is InChI=1S/C23H24N4O/c1-15-4-5-19-18(11-15)23-20-3-2-9-26(20)10-7-21(23)27(19)14-22(28)16-6-8-25-17(12-16)13-24/h4-6,8,11-12,20,22,28H,2-3,7,9-10,14H2,1H3. The van der Waals surface area contributed by atoms with Crippen LogP contribution in [0.3, 0.4) is 0 Å². The summed E-state index contributed by atoms with van der Waals surface area (Å²) < 4.78 is 2.32. The fourth-order valence-corrected chi connectivity index (χ4v) is 5.06. The number of aliphatic hydroxyl groups is 1. The predicted molar refractivity (Wildman–Crippen MR) is 108 cm³/mol. The van der Waals surface area contributed by atoms with E-state index in [0.29, 0.717) is 18.3 Å². The van der Waals surface area contributed by atoms with Gasteiger partial charge in [-0.15, -0.1) is 0 Å². The first-order chi connectivity index (χ1) is 13.7. The zero-order valence-corrected chi connectivity index (χ0v) is 16.1. The molecule has 0 aliphatic carbocycles. The van der Waals surface area contributed by atoms with E-state index >= 15 is 0 Å². The van der Waals surface area contributed by atoms with E-state index in [1.807, 2.05) is 0 Å². The van der Waals surface area contributed by atoms with Crippen LogP contribution in [0, 0.1) is 18.3 Å². The summed E-state index contributed by atoms with van der Waals surface area (Å²) in [6, 6.07) is 12.7. The van der Waals surface area contributed by atoms with Crippen LogP contribution < -0.4 is 0 Å². The van der Waals surface area contributed by atoms with Crippen molar-refractivity contribution in [1.29, 1.82) is 5.26 Å². The molecule has 2 unspecified atom stereocenters. The monoisotopic (exact) mass is 372 g/mol. The van der Waals surface area contributed by atoms with Gasteiger partial charge in [-0.3, -0.25) is 4.90 Å². The maximum absolute atomic E-state index is 10.9. The van der Waals surface area contributed by atoms with E-state index < -0.39 is 6.10 Å². The maximum Gasteiger partial charge on any atom is 0.140 e. The van der Waals surface area contributed by atoms with Gasteiger partial charge in [0.1, 0.15) is 11.8 Å². The number of nitrogens with zero attached hydrogens (tertiary/aromatic N) is 4. The molecular weight excluding hydrogens is 348 g/mol. The Morgan fingerprint density at radius 2 is 2.18 bits per heavy atom. The van der Waals surface area contributed by atoms with Crippen LogP contribution in [-0.2, 0) is 13.0 Å². The zero-order valence-electron chi connectivity index (χ0n) is 16.1. The van der Waals surface area contributed by atoms with Crippen LogP contribution in [0.15, 0.2) is 36.5 Å². The first-order valence-corrected chi connectivity index (χ1v) is 10.1. The Morgan fingerprint density at radius 3 is 3.04 bits per heavy atom. The van der Waals surface area contributed by atoms with Gasteiger partial charge in [0.15, 0.2) is 0 Å². The van der Waals surface area contributed by atoms with Crippen molar-refractivity contribution in [3.8, 4) is 6.07 Å². The van der Waals surface area contributed by atoms with E-state index in [0.717, 1.165) is 18.5 Å². The Balaban J connectivity index is 1.61. The number of aliphatic hydroxyl groups excluding tert-OH is 1. The summed E-state index contributed by atoms with van der Waals surface area (Å²) in [7, 11) is 0. The van der Waals surface area contributed by atoms with Crippen LogP contribution >= 0.6 is 0 Å². The largest absolute Gasteiger partial charge is 0.387 e. The highest BCUT2D eigenvalue weighted by atomic mass is 16.3. The third kappa shape index (κ3) is 2.72. The molecule has 1 fully saturated rings. The van der Waals surface area contributed by atoms with Crippen molar-refractivity contribution in [2.75, 3.05) is 13.1 Å². The molecule has 1 aromatic carbocycles. The molecule has 2 aliphatic rings. The van der Waals surface area contributed by atoms with Gasteiger partial charge in [-0.05, 0) is 61.7 Å². The second-order valence-electron chi connectivity index (χ2n) is 8.04. The second-order valence-corrected chi connectivity index (χ2v) is 8.04. The zero-order chi connectivity index (χ0) is 19.3. The first kappa shape index (κ1) is 17.4. The molecule has 0 bridgehead atoms. The summed E-state index contributed by atoms with van der Waals surface area (Å²) in [5.41, 5.74) is 6.41. The Hall–Kier alpha value is -2.68. The number of aromatic nitrogens is 2. The molecule has 5 nitrogen and oxygen atoms in total. The third-order valence-electron chi connectivity index (χ3n) is 6.34. The van der Waals surface area contributed by atoms with Crippen LogP contribution in [-0.4, -0.2) is 32.6 Å². The first-order valence-electron chi connectivity index (χ1n) is 10.1. The summed E-state index contributed by atoms with van der Waals surface area (Å²) in [5, 5.41) is 21.4. The number of nitriles is 1. The Kier molecular flexibility index (Phi) is 4.19. The maximum atomic E-state index is 10.9. The van der Waals surface area contributed by atoms with Gasteiger partial charge < -0.3 is 9.67 Å². The van der Waals surface area contributed by atoms with Crippen LogP contribution in [0.25, 0.3) is 10.9 Å². The molecule has 1 saturated heterocycles. The molecule has 2 atom stereocenters. The van der Waals surface area contributed by atoms with Crippen LogP contribution in [0.2, 0.25) is 0 Å². The molecule has 0 spiro atoms. The highest BCUT2D eigenvalue weighted by Crippen LogP contribution is 2.43. The molecule has 0 saturated carbocycles. The average molecular weight is 372 g/mol. The number of rotatable bonds is 3. The van der Waals surface area contributed by atoms with E-state index in [4.69, 9.17) is 5.26 Å². The molecule has 3 aromatic rings. The minimum Gasteiger partial charge on any atom is -0.387 e. The molecule has 142 valence electrons. The molecule has 5 heteroatoms. The quantitative estimate of drug-likeness (QED) is 0.762. The number of aryl methyl sites for hydroxylation is 1. The van der Waals surface area contributed by atoms with Crippen molar-refractivity contribution < 1.29 is 5.11 Å². The topological polar surface area (TPSA) is 65.1 Å². The number of benzene rings is 1. The Morgan fingerprint density at radius 1 is 1.29 bits per heavy atom. The van der Waals surface area contributed by atoms with E-state index in [1.54, 1.807) is 18.3 Å². The highest BCUT2D eigenvalue weighted by Gasteiger charge is 2.35. The summed E-state index contributed by atoms with van der Waals surface area (Å²) in [6.45, 7) is 4.93. The summed E-state index contributed by atoms with van der Waals surface area (Å²) in [6.07, 6.45) is 4.43. The third-order valence-corrected chi connectivity index (χ3v) is 6.34. The SMILES string of the molecule is Cc1ccc2c(c1)c1c(n2CC(O)c2ccnc(C#N)c2)CCN2CCCC12. The van der Waals surface area contributed by atoms with Crippen molar-refractivity contribution in [1.82, 2.24) is 14.5 Å². The minimum atomic E-state index is -0.669. The molecule has 0 amide bonds. The number of hydrogen-bond donors (Lipinski definition) is 1. The van der Waals surface area contributed by atoms with Crippen molar-refractivity contribution in [3.05, 3.63) is 64.6 Å². The van der Waals surface area contributed by atoms with Gasteiger partial charge in [-0.25, -0.2) is 4.98 Å². The minimum absolute atomic E-state index is 0.341. The van der Waals surface area contributed by atoms with Crippen molar-refractivity contribution in [2.24, 2.45) is 0 Å². The van der Waals surface area contributed by atoms with Crippen LogP contribution in [0.4, 0.5) is 0 Å². The van der Waals surface area contributed by atoms with Gasteiger partial charge >= 0.3 is 0 Å². The van der Waals surface area contributed by atoms with E-state index in [-0.39, 0.29) is 0 Å². The lowest BCUT2D eigenvalue weighted by molar-refractivity contribution is 0.155. The second kappa shape index (κ2) is 6.73. The Labute approximate surface area is 164 Å². The smallest absolute Gasteiger partial charge is 0.140 e. The molecule has 4 heterocycles. The number of fused-ring (bicyclic) bond motifs is 5. The van der Waals surface area contributed by atoms with E-state index in [2.05, 4.69) is 45.6 Å². The lowest BCUT2D eigenvalue weighted by Gasteiger charge is -2.31. The average Bonchev–Trinajstić information content (AvgIpc) is 3.30. The number of hydrogen-bond acceptors (Lipinski definition) is 4. The van der Waals surface area contributed by atoms with Crippen molar-refractivity contribution in [3.63, 3.8) is 0 Å². The molecule has 5 rings (SSSR count). The van der Waals surface area contributed by atoms with Gasteiger partial charge in [0.05, 0.1) is 12.6 Å². The Bertz CT molecular complexity index is 1090. The van der Waals surface area contributed by atoms with E-state index in [1.165, 1.54) is 47.1 Å². The highest BCUT2D eigenvalue weighted by molar-refractivity contribution is 5.87. The molecule has 2 aromatic heterocycles. The molecule has 1 N–H and O–H groups in total. The fraction of sp³-hybridized carbons (Fsp3) is 0.391. The van der Waals surface area contributed by atoms with Gasteiger partial charge in [0.25, 0.3) is 0 Å². The van der Waals surface area contributed by atoms with Gasteiger partial charge in [-0.2, -0.15) is 5.26 Å².